The molecule has 7 nitrogen and oxygen atoms in total. The van der Waals surface area contributed by atoms with Crippen molar-refractivity contribution in [2.24, 2.45) is 0 Å². The molecule has 0 spiro atoms. The molecule has 0 radical (unpaired) electrons. The van der Waals surface area contributed by atoms with Gasteiger partial charge in [0.15, 0.2) is 13.2 Å². The number of carbonyl (C=O) groups is 2. The van der Waals surface area contributed by atoms with Crippen molar-refractivity contribution >= 4 is 39.1 Å². The van der Waals surface area contributed by atoms with Crippen molar-refractivity contribution in [2.75, 3.05) is 37.1 Å². The predicted molar refractivity (Wildman–Crippen MR) is 111 cm³/mol. The molecule has 0 saturated heterocycles. The summed E-state index contributed by atoms with van der Waals surface area (Å²) in [6.07, 6.45) is 0. The zero-order valence-electron chi connectivity index (χ0n) is 15.9. The van der Waals surface area contributed by atoms with E-state index in [9.17, 15) is 14.9 Å². The summed E-state index contributed by atoms with van der Waals surface area (Å²) in [5, 5.41) is 9.56. The average molecular weight is 456 g/mol. The maximum Gasteiger partial charge on any atom is 0.344 e. The molecule has 3 rings (SSSR count). The molecule has 0 amide bonds. The predicted octanol–water partition coefficient (Wildman–Crippen LogP) is 3.26. The van der Waals surface area contributed by atoms with E-state index in [2.05, 4.69) is 15.9 Å². The summed E-state index contributed by atoms with van der Waals surface area (Å²) < 4.78 is 11.1. The Bertz CT molecular complexity index is 998. The van der Waals surface area contributed by atoms with Crippen LogP contribution in [0.5, 0.6) is 5.75 Å². The summed E-state index contributed by atoms with van der Waals surface area (Å²) in [6.45, 7) is -0.876. The van der Waals surface area contributed by atoms with Crippen LogP contribution < -0.4 is 14.5 Å². The standard InChI is InChI=1S/C21H18BrN3O4/c1-24-17-8-3-4-9-18(17)25(2)21(24)16(11-23)19(26)12-29-20(27)13-28-15-7-5-6-14(22)10-15/h3-10H,12-13H2,1-2H3. The highest BCUT2D eigenvalue weighted by atomic mass is 79.9. The van der Waals surface area contributed by atoms with E-state index >= 15 is 0 Å². The molecular formula is C21H18BrN3O4. The number of nitriles is 1. The molecule has 0 unspecified atom stereocenters. The highest BCUT2D eigenvalue weighted by Gasteiger charge is 2.31. The van der Waals surface area contributed by atoms with Gasteiger partial charge in [-0.1, -0.05) is 34.1 Å². The molecular weight excluding hydrogens is 438 g/mol. The Morgan fingerprint density at radius 3 is 2.28 bits per heavy atom. The smallest absolute Gasteiger partial charge is 0.344 e. The fourth-order valence-corrected chi connectivity index (χ4v) is 3.39. The van der Waals surface area contributed by atoms with Gasteiger partial charge in [0.1, 0.15) is 23.2 Å². The summed E-state index contributed by atoms with van der Waals surface area (Å²) in [6, 6.07) is 16.5. The first-order valence-electron chi connectivity index (χ1n) is 8.70. The summed E-state index contributed by atoms with van der Waals surface area (Å²) in [5.41, 5.74) is 1.68. The van der Waals surface area contributed by atoms with Crippen LogP contribution in [0.15, 0.2) is 64.4 Å². The third-order valence-electron chi connectivity index (χ3n) is 4.37. The Balaban J connectivity index is 1.64. The molecule has 148 valence electrons. The summed E-state index contributed by atoms with van der Waals surface area (Å²) >= 11 is 3.31. The molecule has 1 heterocycles. The second-order valence-electron chi connectivity index (χ2n) is 6.25. The number of carbonyl (C=O) groups excluding carboxylic acids is 2. The molecule has 0 bridgehead atoms. The molecule has 29 heavy (non-hydrogen) atoms. The second-order valence-corrected chi connectivity index (χ2v) is 7.16. The Kier molecular flexibility index (Phi) is 6.20. The van der Waals surface area contributed by atoms with Gasteiger partial charge < -0.3 is 19.3 Å². The lowest BCUT2D eigenvalue weighted by Gasteiger charge is -2.19. The minimum atomic E-state index is -0.697. The Morgan fingerprint density at radius 2 is 1.69 bits per heavy atom. The first-order chi connectivity index (χ1) is 13.9. The Hall–Kier alpha value is -3.31. The van der Waals surface area contributed by atoms with Crippen LogP contribution in [-0.2, 0) is 14.3 Å². The molecule has 2 aromatic rings. The molecule has 0 fully saturated rings. The van der Waals surface area contributed by atoms with Gasteiger partial charge in [0.05, 0.1) is 11.4 Å². The molecule has 0 atom stereocenters. The number of hydrogen-bond acceptors (Lipinski definition) is 7. The summed E-state index contributed by atoms with van der Waals surface area (Å²) in [5.74, 6) is -0.337. The van der Waals surface area contributed by atoms with Crippen molar-refractivity contribution in [1.29, 1.82) is 5.26 Å². The molecule has 2 aromatic carbocycles. The van der Waals surface area contributed by atoms with E-state index in [1.165, 1.54) is 0 Å². The van der Waals surface area contributed by atoms with E-state index in [0.29, 0.717) is 11.6 Å². The minimum Gasteiger partial charge on any atom is -0.482 e. The number of fused-ring (bicyclic) bond motifs is 1. The van der Waals surface area contributed by atoms with Crippen molar-refractivity contribution in [3.8, 4) is 11.8 Å². The number of ketones is 1. The number of Topliss-reactive ketones (excluding diaryl/α,β-unsaturated/α-hetero) is 1. The van der Waals surface area contributed by atoms with E-state index in [1.54, 1.807) is 42.1 Å². The molecule has 1 aliphatic rings. The van der Waals surface area contributed by atoms with Crippen molar-refractivity contribution in [1.82, 2.24) is 0 Å². The van der Waals surface area contributed by atoms with Crippen molar-refractivity contribution in [3.63, 3.8) is 0 Å². The topological polar surface area (TPSA) is 82.9 Å². The lowest BCUT2D eigenvalue weighted by molar-refractivity contribution is -0.149. The zero-order valence-corrected chi connectivity index (χ0v) is 17.5. The first-order valence-corrected chi connectivity index (χ1v) is 9.49. The van der Waals surface area contributed by atoms with Crippen LogP contribution in [0, 0.1) is 11.3 Å². The van der Waals surface area contributed by atoms with Crippen LogP contribution in [0.1, 0.15) is 0 Å². The number of anilines is 2. The van der Waals surface area contributed by atoms with E-state index < -0.39 is 18.4 Å². The average Bonchev–Trinajstić information content (AvgIpc) is 2.97. The quantitative estimate of drug-likeness (QED) is 0.375. The van der Waals surface area contributed by atoms with Gasteiger partial charge in [-0.05, 0) is 30.3 Å². The van der Waals surface area contributed by atoms with Gasteiger partial charge in [0.25, 0.3) is 0 Å². The van der Waals surface area contributed by atoms with Crippen molar-refractivity contribution in [3.05, 3.63) is 64.4 Å². The highest BCUT2D eigenvalue weighted by molar-refractivity contribution is 9.10. The van der Waals surface area contributed by atoms with Gasteiger partial charge in [-0.3, -0.25) is 4.79 Å². The minimum absolute atomic E-state index is 0.0769. The van der Waals surface area contributed by atoms with Gasteiger partial charge in [0, 0.05) is 18.6 Å². The van der Waals surface area contributed by atoms with Crippen LogP contribution in [0.25, 0.3) is 0 Å². The van der Waals surface area contributed by atoms with Gasteiger partial charge in [-0.2, -0.15) is 5.26 Å². The number of hydrogen-bond donors (Lipinski definition) is 0. The zero-order chi connectivity index (χ0) is 21.0. The van der Waals surface area contributed by atoms with Crippen molar-refractivity contribution in [2.45, 2.75) is 0 Å². The Morgan fingerprint density at radius 1 is 1.03 bits per heavy atom. The molecule has 8 heteroatoms. The van der Waals surface area contributed by atoms with Gasteiger partial charge in [-0.25, -0.2) is 4.79 Å². The normalized spacial score (nSPS) is 12.3. The van der Waals surface area contributed by atoms with Crippen LogP contribution in [0.3, 0.4) is 0 Å². The van der Waals surface area contributed by atoms with E-state index in [1.807, 2.05) is 36.4 Å². The number of rotatable bonds is 6. The third kappa shape index (κ3) is 4.41. The molecule has 0 aromatic heterocycles. The van der Waals surface area contributed by atoms with Crippen LogP contribution in [0.4, 0.5) is 11.4 Å². The number of nitrogens with zero attached hydrogens (tertiary/aromatic N) is 3. The van der Waals surface area contributed by atoms with E-state index in [4.69, 9.17) is 9.47 Å². The first kappa shape index (κ1) is 20.4. The lowest BCUT2D eigenvalue weighted by Crippen LogP contribution is -2.28. The van der Waals surface area contributed by atoms with Crippen LogP contribution in [0.2, 0.25) is 0 Å². The largest absolute Gasteiger partial charge is 0.482 e. The molecule has 0 N–H and O–H groups in total. The summed E-state index contributed by atoms with van der Waals surface area (Å²) in [7, 11) is 3.56. The highest BCUT2D eigenvalue weighted by Crippen LogP contribution is 2.40. The van der Waals surface area contributed by atoms with Gasteiger partial charge >= 0.3 is 5.97 Å². The monoisotopic (exact) mass is 455 g/mol. The summed E-state index contributed by atoms with van der Waals surface area (Å²) in [4.78, 5) is 28.0. The van der Waals surface area contributed by atoms with Gasteiger partial charge in [-0.15, -0.1) is 0 Å². The number of benzene rings is 2. The fraction of sp³-hybridized carbons (Fsp3) is 0.190. The maximum absolute atomic E-state index is 12.6. The molecule has 0 saturated carbocycles. The SMILES string of the molecule is CN1C(=C(C#N)C(=O)COC(=O)COc2cccc(Br)c2)N(C)c2ccccc21. The third-order valence-corrected chi connectivity index (χ3v) is 4.86. The number of halogens is 1. The fourth-order valence-electron chi connectivity index (χ4n) is 3.02. The van der Waals surface area contributed by atoms with Crippen LogP contribution in [-0.4, -0.2) is 39.1 Å². The number of ether oxygens (including phenoxy) is 2. The lowest BCUT2D eigenvalue weighted by atomic mass is 10.2. The van der Waals surface area contributed by atoms with Crippen molar-refractivity contribution < 1.29 is 19.1 Å². The van der Waals surface area contributed by atoms with E-state index in [0.717, 1.165) is 15.8 Å². The number of para-hydroxylation sites is 2. The van der Waals surface area contributed by atoms with E-state index in [-0.39, 0.29) is 12.2 Å². The molecule has 0 aliphatic carbocycles. The Labute approximate surface area is 176 Å². The maximum atomic E-state index is 12.6. The van der Waals surface area contributed by atoms with Crippen LogP contribution >= 0.6 is 15.9 Å². The van der Waals surface area contributed by atoms with Gasteiger partial charge in [0.2, 0.25) is 5.78 Å². The molecule has 1 aliphatic heterocycles. The number of esters is 1. The second kappa shape index (κ2) is 8.80.